The van der Waals surface area contributed by atoms with Gasteiger partial charge in [0.25, 0.3) is 0 Å². The van der Waals surface area contributed by atoms with Crippen LogP contribution in [0.3, 0.4) is 0 Å². The van der Waals surface area contributed by atoms with Gasteiger partial charge in [0.15, 0.2) is 0 Å². The molecule has 7 rings (SSSR count). The quantitative estimate of drug-likeness (QED) is 0.0932. The summed E-state index contributed by atoms with van der Waals surface area (Å²) in [6, 6.07) is 26.5. The molecule has 6 heteroatoms. The van der Waals surface area contributed by atoms with Crippen molar-refractivity contribution in [2.75, 3.05) is 13.2 Å². The number of rotatable bonds is 16. The fourth-order valence-corrected chi connectivity index (χ4v) is 10.8. The van der Waals surface area contributed by atoms with Crippen molar-refractivity contribution in [2.45, 2.75) is 65.2 Å². The van der Waals surface area contributed by atoms with Gasteiger partial charge in [-0.15, -0.1) is 45.3 Å². The van der Waals surface area contributed by atoms with Crippen molar-refractivity contribution in [2.24, 2.45) is 0 Å². The maximum absolute atomic E-state index is 5.91. The maximum Gasteiger partial charge on any atom is 0.119 e. The highest BCUT2D eigenvalue weighted by Gasteiger charge is 2.14. The fraction of sp³-hybridized carbons (Fsp3) is 0.286. The lowest BCUT2D eigenvalue weighted by Gasteiger charge is -2.06. The summed E-state index contributed by atoms with van der Waals surface area (Å²) >= 11 is 7.62. The van der Waals surface area contributed by atoms with Gasteiger partial charge in [0.05, 0.1) is 22.6 Å². The molecule has 0 unspecified atom stereocenters. The van der Waals surface area contributed by atoms with E-state index >= 15 is 0 Å². The zero-order valence-electron chi connectivity index (χ0n) is 27.8. The van der Waals surface area contributed by atoms with Crippen molar-refractivity contribution in [3.8, 4) is 11.5 Å². The minimum absolute atomic E-state index is 0.801. The Balaban J connectivity index is 1.01. The summed E-state index contributed by atoms with van der Waals surface area (Å²) < 4.78 is 20.1. The molecule has 0 fully saturated rings. The zero-order chi connectivity index (χ0) is 32.7. The number of hydrogen-bond donors (Lipinski definition) is 0. The van der Waals surface area contributed by atoms with Crippen LogP contribution in [0.1, 0.15) is 86.1 Å². The molecule has 4 heterocycles. The largest absolute Gasteiger partial charge is 0.494 e. The van der Waals surface area contributed by atoms with Crippen LogP contribution in [0.4, 0.5) is 0 Å². The predicted octanol–water partition coefficient (Wildman–Crippen LogP) is 14.8. The Morgan fingerprint density at radius 2 is 0.896 bits per heavy atom. The minimum atomic E-state index is 0.801. The van der Waals surface area contributed by atoms with Crippen molar-refractivity contribution in [1.29, 1.82) is 0 Å². The summed E-state index contributed by atoms with van der Waals surface area (Å²) in [6.07, 6.45) is 18.7. The van der Waals surface area contributed by atoms with E-state index in [1.165, 1.54) is 98.4 Å². The predicted molar refractivity (Wildman–Crippen MR) is 218 cm³/mol. The van der Waals surface area contributed by atoms with E-state index in [2.05, 4.69) is 111 Å². The summed E-state index contributed by atoms with van der Waals surface area (Å²) in [5.41, 5.74) is 2.39. The van der Waals surface area contributed by atoms with Gasteiger partial charge in [-0.05, 0) is 84.7 Å². The van der Waals surface area contributed by atoms with E-state index in [0.29, 0.717) is 0 Å². The Hall–Kier alpha value is -3.42. The number of unbranched alkanes of at least 4 members (excludes halogenated alkanes) is 6. The molecule has 0 saturated carbocycles. The highest BCUT2D eigenvalue weighted by atomic mass is 32.1. The van der Waals surface area contributed by atoms with Crippen LogP contribution >= 0.6 is 45.3 Å². The third-order valence-electron chi connectivity index (χ3n) is 8.62. The van der Waals surface area contributed by atoms with Crippen LogP contribution in [0.15, 0.2) is 72.8 Å². The van der Waals surface area contributed by atoms with Crippen LogP contribution in [0.5, 0.6) is 11.5 Å². The average Bonchev–Trinajstić information content (AvgIpc) is 3.86. The lowest BCUT2D eigenvalue weighted by molar-refractivity contribution is 0.305. The fourth-order valence-electron chi connectivity index (χ4n) is 5.94. The van der Waals surface area contributed by atoms with E-state index in [9.17, 15) is 0 Å². The second-order valence-electron chi connectivity index (χ2n) is 12.4. The normalized spacial score (nSPS) is 12.2. The molecular formula is C42H42O2S4. The Morgan fingerprint density at radius 3 is 1.31 bits per heavy atom. The molecule has 3 aromatic carbocycles. The molecule has 0 atom stereocenters. The molecule has 7 aromatic rings. The molecule has 0 amide bonds. The molecule has 246 valence electrons. The summed E-state index contributed by atoms with van der Waals surface area (Å²) in [4.78, 5) is 2.59. The molecule has 0 spiro atoms. The Kier molecular flexibility index (Phi) is 10.9. The van der Waals surface area contributed by atoms with Gasteiger partial charge in [-0.1, -0.05) is 88.8 Å². The van der Waals surface area contributed by atoms with Crippen molar-refractivity contribution >= 4 is 109 Å². The molecule has 0 radical (unpaired) electrons. The van der Waals surface area contributed by atoms with Gasteiger partial charge in [-0.25, -0.2) is 0 Å². The van der Waals surface area contributed by atoms with Crippen LogP contribution in [0, 0.1) is 0 Å². The third-order valence-corrected chi connectivity index (χ3v) is 13.3. The van der Waals surface area contributed by atoms with Gasteiger partial charge in [0.2, 0.25) is 0 Å². The molecule has 0 N–H and O–H groups in total. The van der Waals surface area contributed by atoms with E-state index in [1.807, 2.05) is 45.3 Å². The summed E-state index contributed by atoms with van der Waals surface area (Å²) in [6.45, 7) is 6.08. The van der Waals surface area contributed by atoms with Crippen LogP contribution < -0.4 is 9.47 Å². The van der Waals surface area contributed by atoms with Gasteiger partial charge in [-0.3, -0.25) is 0 Å². The molecular weight excluding hydrogens is 665 g/mol. The van der Waals surface area contributed by atoms with Crippen LogP contribution in [0.25, 0.3) is 63.3 Å². The summed E-state index contributed by atoms with van der Waals surface area (Å²) in [5, 5.41) is 2.77. The Bertz CT molecular complexity index is 2000. The molecule has 0 aliphatic rings. The van der Waals surface area contributed by atoms with Crippen molar-refractivity contribution < 1.29 is 9.47 Å². The Morgan fingerprint density at radius 1 is 0.458 bits per heavy atom. The van der Waals surface area contributed by atoms with Gasteiger partial charge < -0.3 is 9.47 Å². The molecule has 4 aromatic heterocycles. The van der Waals surface area contributed by atoms with Crippen LogP contribution in [0.2, 0.25) is 0 Å². The first-order valence-corrected chi connectivity index (χ1v) is 20.6. The van der Waals surface area contributed by atoms with Crippen LogP contribution in [-0.2, 0) is 0 Å². The molecule has 0 aliphatic carbocycles. The lowest BCUT2D eigenvalue weighted by atomic mass is 10.2. The monoisotopic (exact) mass is 706 g/mol. The second kappa shape index (κ2) is 15.9. The average molecular weight is 707 g/mol. The van der Waals surface area contributed by atoms with Crippen molar-refractivity contribution in [3.63, 3.8) is 0 Å². The number of thiophene rings is 4. The standard InChI is InChI=1S/C42H42O2S4/c1-3-5-7-9-23-43-31-17-11-29(12-18-31)15-21-33-25-39-41(45-33)35-27-38-36(28-37(35)47-39)42-40(48-38)26-34(46-42)22-16-30-13-19-32(20-14-30)44-24-10-8-6-4-2/h11-22,25-28H,3-10,23-24H2,1-2H3. The molecule has 2 nitrogen and oxygen atoms in total. The highest BCUT2D eigenvalue weighted by molar-refractivity contribution is 7.34. The van der Waals surface area contributed by atoms with Crippen molar-refractivity contribution in [3.05, 3.63) is 93.7 Å². The number of ether oxygens (including phenoxy) is 2. The molecule has 0 aliphatic heterocycles. The lowest BCUT2D eigenvalue weighted by Crippen LogP contribution is -1.96. The zero-order valence-corrected chi connectivity index (χ0v) is 31.0. The van der Waals surface area contributed by atoms with Gasteiger partial charge in [0.1, 0.15) is 11.5 Å². The topological polar surface area (TPSA) is 18.5 Å². The third kappa shape index (κ3) is 7.89. The SMILES string of the molecule is CCCCCCOc1ccc(C=Cc2cc3sc4cc5c(cc4c3s2)sc2cc(C=Cc3ccc(OCCCCCC)cc3)sc25)cc1. The summed E-state index contributed by atoms with van der Waals surface area (Å²) in [5.74, 6) is 1.92. The van der Waals surface area contributed by atoms with E-state index < -0.39 is 0 Å². The van der Waals surface area contributed by atoms with Crippen molar-refractivity contribution in [1.82, 2.24) is 0 Å². The van der Waals surface area contributed by atoms with Crippen LogP contribution in [-0.4, -0.2) is 13.2 Å². The highest BCUT2D eigenvalue weighted by Crippen LogP contribution is 2.46. The first kappa shape index (κ1) is 33.1. The summed E-state index contributed by atoms with van der Waals surface area (Å²) in [7, 11) is 0. The second-order valence-corrected chi connectivity index (χ2v) is 16.7. The number of fused-ring (bicyclic) bond motifs is 6. The van der Waals surface area contributed by atoms with E-state index in [1.54, 1.807) is 0 Å². The van der Waals surface area contributed by atoms with Gasteiger partial charge in [-0.2, -0.15) is 0 Å². The molecule has 0 bridgehead atoms. The van der Waals surface area contributed by atoms with E-state index in [4.69, 9.17) is 9.47 Å². The molecule has 48 heavy (non-hydrogen) atoms. The van der Waals surface area contributed by atoms with Gasteiger partial charge >= 0.3 is 0 Å². The molecule has 0 saturated heterocycles. The first-order chi connectivity index (χ1) is 23.7. The maximum atomic E-state index is 5.91. The Labute approximate surface area is 300 Å². The number of hydrogen-bond acceptors (Lipinski definition) is 6. The van der Waals surface area contributed by atoms with E-state index in [0.717, 1.165) is 37.6 Å². The smallest absolute Gasteiger partial charge is 0.119 e. The minimum Gasteiger partial charge on any atom is -0.494 e. The first-order valence-electron chi connectivity index (χ1n) is 17.3. The number of benzene rings is 3. The van der Waals surface area contributed by atoms with E-state index in [-0.39, 0.29) is 0 Å². The van der Waals surface area contributed by atoms with Gasteiger partial charge in [0, 0.05) is 39.3 Å².